The molecule has 1 heterocycles. The van der Waals surface area contributed by atoms with Gasteiger partial charge in [-0.05, 0) is 24.6 Å². The third kappa shape index (κ3) is 3.10. The van der Waals surface area contributed by atoms with Gasteiger partial charge < -0.3 is 9.66 Å². The molecule has 1 N–H and O–H groups in total. The Morgan fingerprint density at radius 1 is 1.47 bits per heavy atom. The van der Waals surface area contributed by atoms with Crippen molar-refractivity contribution in [2.45, 2.75) is 13.0 Å². The molecule has 0 aromatic heterocycles. The van der Waals surface area contributed by atoms with E-state index in [1.165, 1.54) is 31.2 Å². The van der Waals surface area contributed by atoms with E-state index in [1.54, 1.807) is 6.08 Å². The van der Waals surface area contributed by atoms with E-state index in [9.17, 15) is 13.6 Å². The van der Waals surface area contributed by atoms with Crippen LogP contribution in [0.3, 0.4) is 0 Å². The Morgan fingerprint density at radius 2 is 2.05 bits per heavy atom. The van der Waals surface area contributed by atoms with Crippen molar-refractivity contribution in [2.75, 3.05) is 0 Å². The van der Waals surface area contributed by atoms with Crippen LogP contribution in [0.4, 0.5) is 0 Å². The first-order valence-electron chi connectivity index (χ1n) is 5.43. The van der Waals surface area contributed by atoms with E-state index < -0.39 is 23.3 Å². The zero-order valence-corrected chi connectivity index (χ0v) is 11.2. The minimum atomic E-state index is -2.59. The maximum absolute atomic E-state index is 11.3. The fraction of sp³-hybridized carbons (Fsp3) is 0.154. The molecule has 102 valence electrons. The van der Waals surface area contributed by atoms with Crippen molar-refractivity contribution in [2.24, 2.45) is 0 Å². The Bertz CT molecular complexity index is 531. The molecular weight excluding hydrogens is 266 g/mol. The number of nitrogens with zero attached hydrogens (tertiary/aromatic N) is 1. The standard InChI is InChI=1S/C13H15NO4S/c1-4-6-10-8-11(13(15)16)9(3)14(19(17)18)12(10)7-5-2/h4-9H,1-2H2,3H3,(H,15,16)(H,17,18)/p-1/b10-6-,12-7+/t9-/m1/s1. The highest BCUT2D eigenvalue weighted by Gasteiger charge is 2.31. The van der Waals surface area contributed by atoms with Crippen molar-refractivity contribution in [1.82, 2.24) is 4.31 Å². The van der Waals surface area contributed by atoms with Crippen molar-refractivity contribution >= 4 is 17.2 Å². The molecule has 0 amide bonds. The molecule has 1 aliphatic rings. The van der Waals surface area contributed by atoms with Gasteiger partial charge in [-0.3, -0.25) is 8.51 Å². The monoisotopic (exact) mass is 280 g/mol. The van der Waals surface area contributed by atoms with Crippen LogP contribution in [0.5, 0.6) is 0 Å². The quantitative estimate of drug-likeness (QED) is 0.794. The van der Waals surface area contributed by atoms with Gasteiger partial charge in [0, 0.05) is 11.3 Å². The van der Waals surface area contributed by atoms with E-state index in [0.29, 0.717) is 11.3 Å². The summed E-state index contributed by atoms with van der Waals surface area (Å²) in [5.41, 5.74) is 0.814. The van der Waals surface area contributed by atoms with Crippen molar-refractivity contribution in [3.05, 3.63) is 60.4 Å². The van der Waals surface area contributed by atoms with Gasteiger partial charge in [0.2, 0.25) is 0 Å². The van der Waals surface area contributed by atoms with Gasteiger partial charge in [0.25, 0.3) is 0 Å². The van der Waals surface area contributed by atoms with Gasteiger partial charge in [-0.1, -0.05) is 31.4 Å². The minimum absolute atomic E-state index is 0.00138. The maximum atomic E-state index is 11.3. The third-order valence-corrected chi connectivity index (χ3v) is 3.46. The second-order valence-corrected chi connectivity index (χ2v) is 4.60. The lowest BCUT2D eigenvalue weighted by atomic mass is 9.97. The lowest BCUT2D eigenvalue weighted by Gasteiger charge is -2.38. The van der Waals surface area contributed by atoms with Gasteiger partial charge in [0.15, 0.2) is 0 Å². The molecule has 0 spiro atoms. The topological polar surface area (TPSA) is 80.7 Å². The largest absolute Gasteiger partial charge is 0.755 e. The predicted molar refractivity (Wildman–Crippen MR) is 72.5 cm³/mol. The van der Waals surface area contributed by atoms with Crippen LogP contribution >= 0.6 is 0 Å². The van der Waals surface area contributed by atoms with Crippen molar-refractivity contribution in [1.29, 1.82) is 0 Å². The Labute approximate surface area is 114 Å². The first kappa shape index (κ1) is 15.1. The molecule has 6 heteroatoms. The summed E-state index contributed by atoms with van der Waals surface area (Å²) in [6.45, 7) is 8.57. The SMILES string of the molecule is C=C/C=C1/C=C(C(=O)O)[C@@H](C)N(S(=O)[O-])/C1=C/C=C. The number of carbonyl (C=O) groups is 1. The summed E-state index contributed by atoms with van der Waals surface area (Å²) in [5.74, 6) is -1.16. The van der Waals surface area contributed by atoms with E-state index in [-0.39, 0.29) is 5.57 Å². The minimum Gasteiger partial charge on any atom is -0.755 e. The highest BCUT2D eigenvalue weighted by atomic mass is 32.2. The molecule has 0 saturated carbocycles. The fourth-order valence-electron chi connectivity index (χ4n) is 1.82. The van der Waals surface area contributed by atoms with Gasteiger partial charge >= 0.3 is 5.97 Å². The molecule has 1 rings (SSSR count). The lowest BCUT2D eigenvalue weighted by molar-refractivity contribution is -0.133. The van der Waals surface area contributed by atoms with E-state index in [1.807, 2.05) is 0 Å². The lowest BCUT2D eigenvalue weighted by Crippen LogP contribution is -2.40. The van der Waals surface area contributed by atoms with Crippen LogP contribution in [0, 0.1) is 0 Å². The van der Waals surface area contributed by atoms with E-state index in [4.69, 9.17) is 5.11 Å². The van der Waals surface area contributed by atoms with Crippen LogP contribution in [-0.4, -0.2) is 30.2 Å². The van der Waals surface area contributed by atoms with Gasteiger partial charge in [-0.2, -0.15) is 0 Å². The van der Waals surface area contributed by atoms with Gasteiger partial charge in [0.1, 0.15) is 0 Å². The molecule has 0 radical (unpaired) electrons. The van der Waals surface area contributed by atoms with Crippen LogP contribution in [0.25, 0.3) is 0 Å². The van der Waals surface area contributed by atoms with Crippen LogP contribution in [-0.2, 0) is 16.1 Å². The maximum Gasteiger partial charge on any atom is 0.333 e. The van der Waals surface area contributed by atoms with Crippen molar-refractivity contribution in [3.8, 4) is 0 Å². The molecule has 5 nitrogen and oxygen atoms in total. The molecule has 0 aromatic carbocycles. The fourth-order valence-corrected chi connectivity index (χ4v) is 2.51. The number of hydrogen-bond acceptors (Lipinski definition) is 3. The third-order valence-electron chi connectivity index (χ3n) is 2.63. The molecule has 2 atom stereocenters. The molecule has 0 aromatic rings. The van der Waals surface area contributed by atoms with Gasteiger partial charge in [0.05, 0.1) is 17.3 Å². The molecule has 1 aliphatic heterocycles. The van der Waals surface area contributed by atoms with Gasteiger partial charge in [-0.15, -0.1) is 0 Å². The van der Waals surface area contributed by atoms with Crippen molar-refractivity contribution < 1.29 is 18.7 Å². The summed E-state index contributed by atoms with van der Waals surface area (Å²) in [4.78, 5) is 11.2. The number of hydrogen-bond donors (Lipinski definition) is 1. The number of carboxylic acid groups (broad SMARTS) is 1. The van der Waals surface area contributed by atoms with Crippen LogP contribution in [0.15, 0.2) is 60.4 Å². The molecule has 1 unspecified atom stereocenters. The zero-order valence-electron chi connectivity index (χ0n) is 10.4. The van der Waals surface area contributed by atoms with Crippen LogP contribution in [0.1, 0.15) is 6.92 Å². The second kappa shape index (κ2) is 6.31. The Balaban J connectivity index is 3.52. The number of rotatable bonds is 4. The molecule has 0 fully saturated rings. The summed E-state index contributed by atoms with van der Waals surface area (Å²) in [6.07, 6.45) is 7.40. The van der Waals surface area contributed by atoms with Crippen molar-refractivity contribution in [3.63, 3.8) is 0 Å². The smallest absolute Gasteiger partial charge is 0.333 e. The number of allylic oxidation sites excluding steroid dienone is 5. The van der Waals surface area contributed by atoms with E-state index in [2.05, 4.69) is 13.2 Å². The Hall–Kier alpha value is -1.92. The Kier molecular flexibility index (Phi) is 5.02. The summed E-state index contributed by atoms with van der Waals surface area (Å²) in [7, 11) is 0. The molecule has 0 saturated heterocycles. The number of carboxylic acids is 1. The highest BCUT2D eigenvalue weighted by Crippen LogP contribution is 2.31. The average Bonchev–Trinajstić information content (AvgIpc) is 2.32. The van der Waals surface area contributed by atoms with E-state index >= 15 is 0 Å². The first-order chi connectivity index (χ1) is 8.93. The molecular formula is C13H14NO4S-. The van der Waals surface area contributed by atoms with Gasteiger partial charge in [-0.25, -0.2) is 4.79 Å². The van der Waals surface area contributed by atoms with E-state index in [0.717, 1.165) is 4.31 Å². The molecule has 0 bridgehead atoms. The summed E-state index contributed by atoms with van der Waals surface area (Å²) >= 11 is -2.59. The summed E-state index contributed by atoms with van der Waals surface area (Å²) in [6, 6.07) is -0.788. The Morgan fingerprint density at radius 3 is 2.47 bits per heavy atom. The summed E-state index contributed by atoms with van der Waals surface area (Å²) < 4.78 is 23.7. The normalized spacial score (nSPS) is 25.1. The highest BCUT2D eigenvalue weighted by molar-refractivity contribution is 7.76. The predicted octanol–water partition coefficient (Wildman–Crippen LogP) is 1.68. The zero-order chi connectivity index (χ0) is 14.6. The number of aliphatic carboxylic acids is 1. The van der Waals surface area contributed by atoms with Crippen LogP contribution < -0.4 is 0 Å². The second-order valence-electron chi connectivity index (χ2n) is 3.77. The first-order valence-corrected chi connectivity index (χ1v) is 6.46. The summed E-state index contributed by atoms with van der Waals surface area (Å²) in [5, 5.41) is 9.12. The molecule has 19 heavy (non-hydrogen) atoms. The molecule has 0 aliphatic carbocycles. The van der Waals surface area contributed by atoms with Crippen LogP contribution in [0.2, 0.25) is 0 Å². The average molecular weight is 280 g/mol.